The summed E-state index contributed by atoms with van der Waals surface area (Å²) in [6.45, 7) is 8.24. The predicted molar refractivity (Wildman–Crippen MR) is 137 cm³/mol. The number of carbonyl (C=O) groups excluding carboxylic acids is 1. The third-order valence-corrected chi connectivity index (χ3v) is 9.46. The van der Waals surface area contributed by atoms with Gasteiger partial charge in [0.2, 0.25) is 0 Å². The van der Waals surface area contributed by atoms with E-state index in [4.69, 9.17) is 4.74 Å². The van der Waals surface area contributed by atoms with Gasteiger partial charge in [-0.3, -0.25) is 0 Å². The maximum atomic E-state index is 12.7. The van der Waals surface area contributed by atoms with Gasteiger partial charge >= 0.3 is 208 Å². The number of aromatic nitrogens is 2. The first-order valence-corrected chi connectivity index (χ1v) is 14.5. The molecular weight excluding hydrogens is 549 g/mol. The summed E-state index contributed by atoms with van der Waals surface area (Å²) in [6, 6.07) is 17.9. The molecule has 3 aromatic rings. The molecule has 1 atom stereocenters. The third-order valence-electron chi connectivity index (χ3n) is 6.62. The van der Waals surface area contributed by atoms with Crippen molar-refractivity contribution in [2.24, 2.45) is 7.05 Å². The molecule has 1 saturated heterocycles. The molecule has 1 aromatic heterocycles. The minimum absolute atomic E-state index is 0.246. The van der Waals surface area contributed by atoms with E-state index in [1.807, 2.05) is 13.2 Å². The molecule has 0 aliphatic carbocycles. The molecular formula is C29H35IN3O2-. The molecule has 0 spiro atoms. The molecule has 5 nitrogen and oxygen atoms in total. The molecule has 0 unspecified atom stereocenters. The zero-order chi connectivity index (χ0) is 24.8. The number of rotatable bonds is 9. The molecule has 1 aliphatic rings. The van der Waals surface area contributed by atoms with Crippen LogP contribution in [0, 0.1) is 6.92 Å². The van der Waals surface area contributed by atoms with Gasteiger partial charge in [-0.1, -0.05) is 0 Å². The zero-order valence-electron chi connectivity index (χ0n) is 21.1. The van der Waals surface area contributed by atoms with Crippen LogP contribution in [0.15, 0.2) is 66.5 Å². The van der Waals surface area contributed by atoms with Gasteiger partial charge in [0, 0.05) is 7.11 Å². The van der Waals surface area contributed by atoms with Crippen molar-refractivity contribution >= 4 is 9.36 Å². The molecule has 2 aromatic carbocycles. The van der Waals surface area contributed by atoms with Crippen molar-refractivity contribution in [3.05, 3.63) is 94.3 Å². The number of carbonyl (C=O) groups is 1. The Morgan fingerprint density at radius 2 is 1.66 bits per heavy atom. The van der Waals surface area contributed by atoms with Crippen molar-refractivity contribution in [2.75, 3.05) is 33.4 Å². The number of methoxy groups -OCH3 is 1. The summed E-state index contributed by atoms with van der Waals surface area (Å²) >= 11 is -0.662. The standard InChI is InChI=1S/C29H35IN3O2/c1-21-5-7-24(8-6-21)28(26-13-15-33(16-14-26)17-18-35-4)25-11-9-23(10-12-25)22(2)30-29(34)27-19-31-32(3)20-27/h5-12,19-20,22H,13-18H2,1-4H3/q-1/t22-/m1/s1. The first-order chi connectivity index (χ1) is 16.9. The van der Waals surface area contributed by atoms with Gasteiger partial charge in [0.1, 0.15) is 0 Å². The first-order valence-electron chi connectivity index (χ1n) is 12.2. The molecule has 186 valence electrons. The molecule has 4 rings (SSSR count). The molecule has 2 heterocycles. The Bertz CT molecular complexity index is 1160. The SMILES string of the molecule is COCCN1CCC(=C(c2ccc(C)cc2)c2ccc([C@@H](C)[I-]C(=O)c3cnn(C)c3)cc2)CC1. The normalized spacial score (nSPS) is 15.4. The van der Waals surface area contributed by atoms with E-state index in [0.717, 1.165) is 44.6 Å². The Hall–Kier alpha value is -2.29. The molecule has 0 saturated carbocycles. The van der Waals surface area contributed by atoms with Crippen LogP contribution < -0.4 is 21.2 Å². The fourth-order valence-electron chi connectivity index (χ4n) is 4.52. The molecule has 1 aliphatic heterocycles. The Balaban J connectivity index is 1.55. The van der Waals surface area contributed by atoms with E-state index in [1.54, 1.807) is 18.0 Å². The number of hydrogen-bond acceptors (Lipinski definition) is 4. The third kappa shape index (κ3) is 6.68. The summed E-state index contributed by atoms with van der Waals surface area (Å²) in [6.07, 6.45) is 5.66. The quantitative estimate of drug-likeness (QED) is 0.220. The molecule has 0 amide bonds. The van der Waals surface area contributed by atoms with Gasteiger partial charge < -0.3 is 4.74 Å². The average molecular weight is 585 g/mol. The number of piperidine rings is 1. The molecule has 0 bridgehead atoms. The Kier molecular flexibility index (Phi) is 8.92. The minimum atomic E-state index is -0.662. The number of likely N-dealkylation sites (tertiary alicyclic amines) is 1. The fourth-order valence-corrected chi connectivity index (χ4v) is 6.79. The van der Waals surface area contributed by atoms with Crippen molar-refractivity contribution in [2.45, 2.75) is 30.6 Å². The van der Waals surface area contributed by atoms with E-state index in [0.29, 0.717) is 0 Å². The second-order valence-electron chi connectivity index (χ2n) is 9.20. The molecule has 0 N–H and O–H groups in total. The van der Waals surface area contributed by atoms with Crippen molar-refractivity contribution in [1.29, 1.82) is 0 Å². The second kappa shape index (κ2) is 12.1. The summed E-state index contributed by atoms with van der Waals surface area (Å²) < 4.78 is 7.47. The summed E-state index contributed by atoms with van der Waals surface area (Å²) in [5, 5.41) is 4.15. The Morgan fingerprint density at radius 1 is 1.03 bits per heavy atom. The van der Waals surface area contributed by atoms with Gasteiger partial charge in [-0.05, 0) is 0 Å². The van der Waals surface area contributed by atoms with Crippen molar-refractivity contribution < 1.29 is 30.7 Å². The Labute approximate surface area is 219 Å². The van der Waals surface area contributed by atoms with E-state index in [9.17, 15) is 4.79 Å². The second-order valence-corrected chi connectivity index (χ2v) is 12.7. The molecule has 1 fully saturated rings. The van der Waals surface area contributed by atoms with Gasteiger partial charge in [0.15, 0.2) is 0 Å². The van der Waals surface area contributed by atoms with E-state index in [1.165, 1.54) is 33.4 Å². The van der Waals surface area contributed by atoms with Crippen LogP contribution in [0.5, 0.6) is 0 Å². The van der Waals surface area contributed by atoms with E-state index in [-0.39, 0.29) is 7.71 Å². The van der Waals surface area contributed by atoms with Crippen molar-refractivity contribution in [3.8, 4) is 0 Å². The van der Waals surface area contributed by atoms with Gasteiger partial charge in [-0.15, -0.1) is 0 Å². The fraction of sp³-hybridized carbons (Fsp3) is 0.379. The predicted octanol–water partition coefficient (Wildman–Crippen LogP) is 2.26. The average Bonchev–Trinajstić information content (AvgIpc) is 3.31. The molecule has 0 radical (unpaired) electrons. The van der Waals surface area contributed by atoms with E-state index >= 15 is 0 Å². The van der Waals surface area contributed by atoms with Gasteiger partial charge in [0.05, 0.1) is 0 Å². The van der Waals surface area contributed by atoms with Crippen LogP contribution in [-0.4, -0.2) is 51.8 Å². The van der Waals surface area contributed by atoms with Crippen LogP contribution in [0.25, 0.3) is 5.57 Å². The van der Waals surface area contributed by atoms with Gasteiger partial charge in [-0.2, -0.15) is 0 Å². The number of benzene rings is 2. The molecule has 35 heavy (non-hydrogen) atoms. The maximum absolute atomic E-state index is 12.7. The topological polar surface area (TPSA) is 47.4 Å². The molecule has 6 heteroatoms. The number of ether oxygens (including phenoxy) is 1. The van der Waals surface area contributed by atoms with E-state index in [2.05, 4.69) is 72.4 Å². The number of halogens is 1. The van der Waals surface area contributed by atoms with E-state index < -0.39 is 21.2 Å². The van der Waals surface area contributed by atoms with Crippen molar-refractivity contribution in [3.63, 3.8) is 0 Å². The number of aryl methyl sites for hydroxylation is 2. The number of alkyl halides is 1. The summed E-state index contributed by atoms with van der Waals surface area (Å²) in [5.41, 5.74) is 8.70. The van der Waals surface area contributed by atoms with Gasteiger partial charge in [0.25, 0.3) is 0 Å². The van der Waals surface area contributed by atoms with Crippen LogP contribution in [0.1, 0.15) is 56.3 Å². The zero-order valence-corrected chi connectivity index (χ0v) is 23.3. The first kappa shape index (κ1) is 25.8. The summed E-state index contributed by atoms with van der Waals surface area (Å²) in [5.74, 6) is 0. The van der Waals surface area contributed by atoms with Gasteiger partial charge in [-0.25, -0.2) is 0 Å². The van der Waals surface area contributed by atoms with Crippen LogP contribution in [0.2, 0.25) is 0 Å². The van der Waals surface area contributed by atoms with Crippen LogP contribution in [0.4, 0.5) is 0 Å². The van der Waals surface area contributed by atoms with Crippen molar-refractivity contribution in [1.82, 2.24) is 14.7 Å². The number of hydrogen-bond donors (Lipinski definition) is 0. The van der Waals surface area contributed by atoms with Crippen LogP contribution in [-0.2, 0) is 11.8 Å². The monoisotopic (exact) mass is 584 g/mol. The van der Waals surface area contributed by atoms with Crippen LogP contribution >= 0.6 is 0 Å². The summed E-state index contributed by atoms with van der Waals surface area (Å²) in [4.78, 5) is 15.2. The summed E-state index contributed by atoms with van der Waals surface area (Å²) in [7, 11) is 3.62. The Morgan fingerprint density at radius 3 is 2.23 bits per heavy atom. The number of nitrogens with zero attached hydrogens (tertiary/aromatic N) is 3. The van der Waals surface area contributed by atoms with Crippen LogP contribution in [0.3, 0.4) is 0 Å².